The molecule has 0 radical (unpaired) electrons. The lowest BCUT2D eigenvalue weighted by Crippen LogP contribution is -2.31. The fraction of sp³-hybridized carbons (Fsp3) is 0.286. The number of halogens is 1. The van der Waals surface area contributed by atoms with Crippen LogP contribution in [0.1, 0.15) is 12.5 Å². The minimum atomic E-state index is -0.490. The van der Waals surface area contributed by atoms with Gasteiger partial charge in [-0.3, -0.25) is 0 Å². The molecule has 1 unspecified atom stereocenters. The van der Waals surface area contributed by atoms with Crippen LogP contribution in [-0.2, 0) is 6.42 Å². The molecule has 1 aliphatic rings. The van der Waals surface area contributed by atoms with Crippen molar-refractivity contribution < 1.29 is 4.39 Å². The van der Waals surface area contributed by atoms with Gasteiger partial charge < -0.3 is 4.90 Å². The summed E-state index contributed by atoms with van der Waals surface area (Å²) in [6.45, 7) is 3.05. The summed E-state index contributed by atoms with van der Waals surface area (Å²) < 4.78 is 13.2. The van der Waals surface area contributed by atoms with Crippen LogP contribution in [0, 0.1) is 11.9 Å². The molecule has 0 fully saturated rings. The lowest BCUT2D eigenvalue weighted by atomic mass is 9.94. The summed E-state index contributed by atoms with van der Waals surface area (Å²) >= 11 is 0. The van der Waals surface area contributed by atoms with Crippen LogP contribution < -0.4 is 4.90 Å². The van der Waals surface area contributed by atoms with E-state index in [1.165, 1.54) is 18.0 Å². The minimum absolute atomic E-state index is 0.490. The first-order valence-corrected chi connectivity index (χ1v) is 6.07. The first kappa shape index (κ1) is 11.1. The van der Waals surface area contributed by atoms with Gasteiger partial charge in [0.1, 0.15) is 12.1 Å². The Morgan fingerprint density at radius 1 is 1.28 bits per heavy atom. The number of aromatic nitrogens is 2. The Kier molecular flexibility index (Phi) is 2.70. The van der Waals surface area contributed by atoms with Gasteiger partial charge in [-0.25, -0.2) is 9.97 Å². The van der Waals surface area contributed by atoms with Crippen molar-refractivity contribution in [2.75, 3.05) is 11.4 Å². The summed E-state index contributed by atoms with van der Waals surface area (Å²) in [7, 11) is 0. The third kappa shape index (κ3) is 1.94. The summed E-state index contributed by atoms with van der Waals surface area (Å²) in [6.07, 6.45) is 2.33. The Bertz CT molecular complexity index is 570. The molecule has 0 aliphatic carbocycles. The van der Waals surface area contributed by atoms with Crippen molar-refractivity contribution in [1.82, 2.24) is 9.97 Å². The molecule has 3 rings (SSSR count). The predicted molar refractivity (Wildman–Crippen MR) is 68.3 cm³/mol. The molecule has 0 saturated carbocycles. The number of hydrogen-bond donors (Lipinski definition) is 0. The molecular formula is C14H14FN3. The molecule has 2 aromatic rings. The molecular weight excluding hydrogens is 229 g/mol. The normalized spacial score (nSPS) is 18.6. The number of benzene rings is 1. The average Bonchev–Trinajstić information content (AvgIpc) is 2.37. The van der Waals surface area contributed by atoms with Crippen LogP contribution in [0.5, 0.6) is 0 Å². The van der Waals surface area contributed by atoms with Gasteiger partial charge in [0.25, 0.3) is 0 Å². The van der Waals surface area contributed by atoms with Gasteiger partial charge in [-0.1, -0.05) is 25.1 Å². The third-order valence-electron chi connectivity index (χ3n) is 3.24. The molecule has 92 valence electrons. The van der Waals surface area contributed by atoms with Gasteiger partial charge in [0.2, 0.25) is 5.95 Å². The van der Waals surface area contributed by atoms with E-state index in [0.717, 1.165) is 18.7 Å². The average molecular weight is 243 g/mol. The lowest BCUT2D eigenvalue weighted by molar-refractivity contribution is 0.552. The molecule has 4 heteroatoms. The minimum Gasteiger partial charge on any atom is -0.326 e. The van der Waals surface area contributed by atoms with Crippen molar-refractivity contribution in [3.63, 3.8) is 0 Å². The number of para-hydroxylation sites is 1. The zero-order valence-electron chi connectivity index (χ0n) is 10.2. The molecule has 0 N–H and O–H groups in total. The van der Waals surface area contributed by atoms with Gasteiger partial charge in [0.15, 0.2) is 0 Å². The van der Waals surface area contributed by atoms with Crippen molar-refractivity contribution in [3.05, 3.63) is 48.2 Å². The van der Waals surface area contributed by atoms with Gasteiger partial charge >= 0.3 is 0 Å². The molecule has 0 bridgehead atoms. The van der Waals surface area contributed by atoms with E-state index in [0.29, 0.717) is 11.7 Å². The highest BCUT2D eigenvalue weighted by molar-refractivity contribution is 5.65. The number of nitrogens with zero attached hydrogens (tertiary/aromatic N) is 3. The van der Waals surface area contributed by atoms with Gasteiger partial charge in [0.05, 0.1) is 0 Å². The van der Waals surface area contributed by atoms with Crippen LogP contribution >= 0.6 is 0 Å². The fourth-order valence-electron chi connectivity index (χ4n) is 2.49. The highest BCUT2D eigenvalue weighted by Crippen LogP contribution is 2.33. The van der Waals surface area contributed by atoms with E-state index >= 15 is 0 Å². The molecule has 0 saturated heterocycles. The van der Waals surface area contributed by atoms with Crippen LogP contribution in [0.2, 0.25) is 0 Å². The van der Waals surface area contributed by atoms with E-state index in [-0.39, 0.29) is 0 Å². The van der Waals surface area contributed by atoms with E-state index in [9.17, 15) is 4.39 Å². The molecule has 1 aliphatic heterocycles. The van der Waals surface area contributed by atoms with Gasteiger partial charge in [-0.15, -0.1) is 0 Å². The van der Waals surface area contributed by atoms with Gasteiger partial charge in [-0.2, -0.15) is 4.39 Å². The quantitative estimate of drug-likeness (QED) is 0.721. The first-order valence-electron chi connectivity index (χ1n) is 6.07. The maximum atomic E-state index is 13.2. The van der Waals surface area contributed by atoms with Crippen molar-refractivity contribution in [2.45, 2.75) is 13.3 Å². The predicted octanol–water partition coefficient (Wildman–Crippen LogP) is 2.95. The highest BCUT2D eigenvalue weighted by atomic mass is 19.1. The Balaban J connectivity index is 2.07. The maximum absolute atomic E-state index is 13.2. The van der Waals surface area contributed by atoms with Crippen molar-refractivity contribution in [1.29, 1.82) is 0 Å². The summed E-state index contributed by atoms with van der Waals surface area (Å²) in [4.78, 5) is 9.74. The number of fused-ring (bicyclic) bond motifs is 1. The number of hydrogen-bond acceptors (Lipinski definition) is 3. The molecule has 1 aromatic heterocycles. The fourth-order valence-corrected chi connectivity index (χ4v) is 2.49. The van der Waals surface area contributed by atoms with E-state index in [4.69, 9.17) is 0 Å². The summed E-state index contributed by atoms with van der Waals surface area (Å²) in [5.41, 5.74) is 2.41. The van der Waals surface area contributed by atoms with E-state index in [1.807, 2.05) is 12.1 Å². The Morgan fingerprint density at radius 2 is 2.11 bits per heavy atom. The van der Waals surface area contributed by atoms with Crippen molar-refractivity contribution in [2.24, 2.45) is 5.92 Å². The molecule has 18 heavy (non-hydrogen) atoms. The van der Waals surface area contributed by atoms with Crippen molar-refractivity contribution in [3.8, 4) is 0 Å². The Morgan fingerprint density at radius 3 is 2.94 bits per heavy atom. The SMILES string of the molecule is CC1Cc2ccccc2N(c2cc(F)ncn2)C1. The first-order chi connectivity index (χ1) is 8.74. The van der Waals surface area contributed by atoms with Crippen LogP contribution in [-0.4, -0.2) is 16.5 Å². The molecule has 3 nitrogen and oxygen atoms in total. The van der Waals surface area contributed by atoms with Crippen LogP contribution in [0.3, 0.4) is 0 Å². The summed E-state index contributed by atoms with van der Waals surface area (Å²) in [5.74, 6) is 0.662. The van der Waals surface area contributed by atoms with Crippen LogP contribution in [0.15, 0.2) is 36.7 Å². The van der Waals surface area contributed by atoms with Gasteiger partial charge in [0, 0.05) is 18.3 Å². The zero-order chi connectivity index (χ0) is 12.5. The zero-order valence-corrected chi connectivity index (χ0v) is 10.2. The van der Waals surface area contributed by atoms with Crippen LogP contribution in [0.25, 0.3) is 0 Å². The van der Waals surface area contributed by atoms with Gasteiger partial charge in [-0.05, 0) is 24.0 Å². The van der Waals surface area contributed by atoms with Crippen molar-refractivity contribution >= 4 is 11.5 Å². The summed E-state index contributed by atoms with van der Waals surface area (Å²) in [5, 5.41) is 0. The second-order valence-electron chi connectivity index (χ2n) is 4.75. The number of anilines is 2. The highest BCUT2D eigenvalue weighted by Gasteiger charge is 2.23. The number of rotatable bonds is 1. The largest absolute Gasteiger partial charge is 0.326 e. The molecule has 0 amide bonds. The standard InChI is InChI=1S/C14H14FN3/c1-10-6-11-4-2-3-5-12(11)18(8-10)14-7-13(15)16-9-17-14/h2-5,7,9-10H,6,8H2,1H3. The second kappa shape index (κ2) is 4.37. The molecule has 1 atom stereocenters. The molecule has 1 aromatic carbocycles. The third-order valence-corrected chi connectivity index (χ3v) is 3.24. The lowest BCUT2D eigenvalue weighted by Gasteiger charge is -2.33. The Labute approximate surface area is 105 Å². The molecule has 2 heterocycles. The van der Waals surface area contributed by atoms with E-state index in [1.54, 1.807) is 0 Å². The maximum Gasteiger partial charge on any atom is 0.218 e. The van der Waals surface area contributed by atoms with E-state index < -0.39 is 5.95 Å². The Hall–Kier alpha value is -1.97. The van der Waals surface area contributed by atoms with E-state index in [2.05, 4.69) is 33.9 Å². The monoisotopic (exact) mass is 243 g/mol. The topological polar surface area (TPSA) is 29.0 Å². The molecule has 0 spiro atoms. The second-order valence-corrected chi connectivity index (χ2v) is 4.75. The van der Waals surface area contributed by atoms with Crippen LogP contribution in [0.4, 0.5) is 15.9 Å². The summed E-state index contributed by atoms with van der Waals surface area (Å²) in [6, 6.07) is 9.60. The smallest absolute Gasteiger partial charge is 0.218 e.